The Kier molecular flexibility index (Phi) is 4.43. The molecule has 2 aliphatic rings. The Balaban J connectivity index is 1.94. The van der Waals surface area contributed by atoms with Gasteiger partial charge in [0.15, 0.2) is 0 Å². The fourth-order valence-corrected chi connectivity index (χ4v) is 3.68. The van der Waals surface area contributed by atoms with Gasteiger partial charge in [0.2, 0.25) is 0 Å². The van der Waals surface area contributed by atoms with Crippen LogP contribution in [0.1, 0.15) is 58.3 Å². The SMILES string of the molecule is C[C@@H]1[C@@H](CC(=O)O)CCCN1C1CCCCC1. The van der Waals surface area contributed by atoms with Crippen molar-refractivity contribution in [2.24, 2.45) is 5.92 Å². The minimum Gasteiger partial charge on any atom is -0.481 e. The minimum absolute atomic E-state index is 0.352. The molecule has 1 aliphatic carbocycles. The molecule has 2 rings (SSSR count). The maximum Gasteiger partial charge on any atom is 0.303 e. The number of carboxylic acids is 1. The number of aliphatic carboxylic acids is 1. The Morgan fingerprint density at radius 3 is 2.53 bits per heavy atom. The highest BCUT2D eigenvalue weighted by Crippen LogP contribution is 2.32. The standard InChI is InChI=1S/C14H25NO2/c1-11-12(10-14(16)17)6-5-9-15(11)13-7-3-2-4-8-13/h11-13H,2-10H2,1H3,(H,16,17)/t11-,12-/m1/s1. The lowest BCUT2D eigenvalue weighted by atomic mass is 9.84. The van der Waals surface area contributed by atoms with Gasteiger partial charge in [0.25, 0.3) is 0 Å². The fraction of sp³-hybridized carbons (Fsp3) is 0.929. The molecule has 1 saturated heterocycles. The first-order valence-corrected chi connectivity index (χ1v) is 7.16. The van der Waals surface area contributed by atoms with Crippen molar-refractivity contribution in [2.75, 3.05) is 6.54 Å². The number of piperidine rings is 1. The second-order valence-corrected chi connectivity index (χ2v) is 5.77. The summed E-state index contributed by atoms with van der Waals surface area (Å²) in [5.41, 5.74) is 0. The van der Waals surface area contributed by atoms with E-state index in [-0.39, 0.29) is 0 Å². The Morgan fingerprint density at radius 1 is 1.18 bits per heavy atom. The minimum atomic E-state index is -0.632. The molecule has 0 aromatic carbocycles. The molecule has 98 valence electrons. The van der Waals surface area contributed by atoms with Gasteiger partial charge in [-0.25, -0.2) is 0 Å². The van der Waals surface area contributed by atoms with E-state index in [1.165, 1.54) is 45.1 Å². The predicted molar refractivity (Wildman–Crippen MR) is 68.0 cm³/mol. The fourth-order valence-electron chi connectivity index (χ4n) is 3.68. The van der Waals surface area contributed by atoms with E-state index in [2.05, 4.69) is 11.8 Å². The van der Waals surface area contributed by atoms with Gasteiger partial charge in [0.1, 0.15) is 0 Å². The van der Waals surface area contributed by atoms with Crippen molar-refractivity contribution in [1.82, 2.24) is 4.90 Å². The molecule has 1 heterocycles. The van der Waals surface area contributed by atoms with Gasteiger partial charge in [0.05, 0.1) is 0 Å². The van der Waals surface area contributed by atoms with Crippen molar-refractivity contribution in [2.45, 2.75) is 70.4 Å². The maximum absolute atomic E-state index is 10.9. The molecule has 2 atom stereocenters. The third-order valence-corrected chi connectivity index (χ3v) is 4.68. The largest absolute Gasteiger partial charge is 0.481 e. The van der Waals surface area contributed by atoms with Gasteiger partial charge in [-0.2, -0.15) is 0 Å². The number of nitrogens with zero attached hydrogens (tertiary/aromatic N) is 1. The first-order valence-electron chi connectivity index (χ1n) is 7.16. The highest BCUT2D eigenvalue weighted by Gasteiger charge is 2.33. The van der Waals surface area contributed by atoms with Crippen LogP contribution in [0.3, 0.4) is 0 Å². The van der Waals surface area contributed by atoms with Crippen LogP contribution < -0.4 is 0 Å². The van der Waals surface area contributed by atoms with Crippen molar-refractivity contribution in [1.29, 1.82) is 0 Å². The summed E-state index contributed by atoms with van der Waals surface area (Å²) in [6.45, 7) is 3.42. The smallest absolute Gasteiger partial charge is 0.303 e. The van der Waals surface area contributed by atoms with E-state index in [0.717, 1.165) is 12.5 Å². The molecular formula is C14H25NO2. The van der Waals surface area contributed by atoms with Crippen LogP contribution in [-0.2, 0) is 4.79 Å². The van der Waals surface area contributed by atoms with Crippen LogP contribution in [0.15, 0.2) is 0 Å². The average molecular weight is 239 g/mol. The van der Waals surface area contributed by atoms with Crippen LogP contribution in [-0.4, -0.2) is 34.6 Å². The topological polar surface area (TPSA) is 40.5 Å². The first-order chi connectivity index (χ1) is 8.18. The van der Waals surface area contributed by atoms with E-state index in [4.69, 9.17) is 5.11 Å². The van der Waals surface area contributed by atoms with Crippen LogP contribution in [0.25, 0.3) is 0 Å². The number of hydrogen-bond acceptors (Lipinski definition) is 2. The summed E-state index contributed by atoms with van der Waals surface area (Å²) in [5, 5.41) is 8.96. The van der Waals surface area contributed by atoms with E-state index in [1.807, 2.05) is 0 Å². The van der Waals surface area contributed by atoms with Gasteiger partial charge in [-0.15, -0.1) is 0 Å². The van der Waals surface area contributed by atoms with Crippen molar-refractivity contribution in [3.63, 3.8) is 0 Å². The Bertz CT molecular complexity index is 261. The van der Waals surface area contributed by atoms with E-state index in [1.54, 1.807) is 0 Å². The highest BCUT2D eigenvalue weighted by atomic mass is 16.4. The second-order valence-electron chi connectivity index (χ2n) is 5.77. The van der Waals surface area contributed by atoms with Gasteiger partial charge in [-0.1, -0.05) is 19.3 Å². The molecule has 1 N–H and O–H groups in total. The van der Waals surface area contributed by atoms with Crippen molar-refractivity contribution in [3.05, 3.63) is 0 Å². The summed E-state index contributed by atoms with van der Waals surface area (Å²) in [5.74, 6) is -0.268. The summed E-state index contributed by atoms with van der Waals surface area (Å²) in [4.78, 5) is 13.5. The molecular weight excluding hydrogens is 214 g/mol. The van der Waals surface area contributed by atoms with E-state index in [9.17, 15) is 4.79 Å². The average Bonchev–Trinajstić information content (AvgIpc) is 2.32. The van der Waals surface area contributed by atoms with Crippen molar-refractivity contribution in [3.8, 4) is 0 Å². The van der Waals surface area contributed by atoms with Gasteiger partial charge >= 0.3 is 5.97 Å². The number of carbonyl (C=O) groups is 1. The first kappa shape index (κ1) is 12.9. The molecule has 0 aromatic heterocycles. The Hall–Kier alpha value is -0.570. The summed E-state index contributed by atoms with van der Waals surface area (Å²) in [6, 6.07) is 1.19. The number of hydrogen-bond donors (Lipinski definition) is 1. The van der Waals surface area contributed by atoms with Crippen molar-refractivity contribution < 1.29 is 9.90 Å². The third kappa shape index (κ3) is 3.21. The van der Waals surface area contributed by atoms with Crippen LogP contribution in [0.2, 0.25) is 0 Å². The predicted octanol–water partition coefficient (Wildman–Crippen LogP) is 2.89. The monoisotopic (exact) mass is 239 g/mol. The Labute approximate surface area is 104 Å². The van der Waals surface area contributed by atoms with Crippen LogP contribution >= 0.6 is 0 Å². The zero-order valence-corrected chi connectivity index (χ0v) is 10.9. The molecule has 1 saturated carbocycles. The number of likely N-dealkylation sites (tertiary alicyclic amines) is 1. The van der Waals surface area contributed by atoms with Crippen LogP contribution in [0.4, 0.5) is 0 Å². The molecule has 0 bridgehead atoms. The second kappa shape index (κ2) is 5.85. The van der Waals surface area contributed by atoms with E-state index >= 15 is 0 Å². The van der Waals surface area contributed by atoms with E-state index < -0.39 is 5.97 Å². The molecule has 0 spiro atoms. The zero-order valence-electron chi connectivity index (χ0n) is 10.9. The van der Waals surface area contributed by atoms with E-state index in [0.29, 0.717) is 18.4 Å². The lowest BCUT2D eigenvalue weighted by Gasteiger charge is -2.45. The highest BCUT2D eigenvalue weighted by molar-refractivity contribution is 5.67. The molecule has 3 heteroatoms. The Morgan fingerprint density at radius 2 is 1.88 bits per heavy atom. The molecule has 0 unspecified atom stereocenters. The number of carboxylic acid groups (broad SMARTS) is 1. The third-order valence-electron chi connectivity index (χ3n) is 4.68. The molecule has 2 fully saturated rings. The molecule has 0 amide bonds. The molecule has 17 heavy (non-hydrogen) atoms. The van der Waals surface area contributed by atoms with Crippen LogP contribution in [0.5, 0.6) is 0 Å². The molecule has 3 nitrogen and oxygen atoms in total. The van der Waals surface area contributed by atoms with Gasteiger partial charge < -0.3 is 5.11 Å². The number of rotatable bonds is 3. The zero-order chi connectivity index (χ0) is 12.3. The molecule has 0 radical (unpaired) electrons. The molecule has 0 aromatic rings. The lowest BCUT2D eigenvalue weighted by Crippen LogP contribution is -2.50. The van der Waals surface area contributed by atoms with Gasteiger partial charge in [-0.05, 0) is 45.1 Å². The summed E-state index contributed by atoms with van der Waals surface area (Å²) in [6.07, 6.45) is 9.38. The summed E-state index contributed by atoms with van der Waals surface area (Å²) in [7, 11) is 0. The van der Waals surface area contributed by atoms with Gasteiger partial charge in [0, 0.05) is 18.5 Å². The quantitative estimate of drug-likeness (QED) is 0.823. The van der Waals surface area contributed by atoms with Crippen LogP contribution in [0, 0.1) is 5.92 Å². The normalized spacial score (nSPS) is 32.5. The molecule has 1 aliphatic heterocycles. The van der Waals surface area contributed by atoms with Crippen molar-refractivity contribution >= 4 is 5.97 Å². The summed E-state index contributed by atoms with van der Waals surface area (Å²) < 4.78 is 0. The van der Waals surface area contributed by atoms with Gasteiger partial charge in [-0.3, -0.25) is 9.69 Å². The maximum atomic E-state index is 10.9. The summed E-state index contributed by atoms with van der Waals surface area (Å²) >= 11 is 0. The lowest BCUT2D eigenvalue weighted by molar-refractivity contribution is -0.139.